The average Bonchev–Trinajstić information content (AvgIpc) is 2.41. The van der Waals surface area contributed by atoms with Gasteiger partial charge >= 0.3 is 6.03 Å². The predicted molar refractivity (Wildman–Crippen MR) is 87.7 cm³/mol. The van der Waals surface area contributed by atoms with E-state index in [2.05, 4.69) is 42.7 Å². The summed E-state index contributed by atoms with van der Waals surface area (Å²) >= 11 is 0. The lowest BCUT2D eigenvalue weighted by Gasteiger charge is -2.18. The number of carbonyl (C=O) groups excluding carboxylic acids is 1. The first-order chi connectivity index (χ1) is 9.95. The van der Waals surface area contributed by atoms with Crippen LogP contribution in [0.1, 0.15) is 35.2 Å². The van der Waals surface area contributed by atoms with Gasteiger partial charge in [0.1, 0.15) is 0 Å². The summed E-state index contributed by atoms with van der Waals surface area (Å²) in [6.45, 7) is 8.12. The molecular weight excluding hydrogens is 260 g/mol. The monoisotopic (exact) mass is 282 g/mol. The number of hydrogen-bond donors (Lipinski definition) is 2. The Bertz CT molecular complexity index is 649. The van der Waals surface area contributed by atoms with Crippen molar-refractivity contribution in [3.63, 3.8) is 0 Å². The molecule has 21 heavy (non-hydrogen) atoms. The summed E-state index contributed by atoms with van der Waals surface area (Å²) in [7, 11) is 0. The molecule has 2 amide bonds. The topological polar surface area (TPSA) is 41.1 Å². The van der Waals surface area contributed by atoms with Crippen LogP contribution >= 0.6 is 0 Å². The molecule has 3 nitrogen and oxygen atoms in total. The molecule has 0 aliphatic heterocycles. The predicted octanol–water partition coefficient (Wildman–Crippen LogP) is 4.49. The molecule has 0 saturated heterocycles. The minimum Gasteiger partial charge on any atom is -0.331 e. The lowest BCUT2D eigenvalue weighted by Crippen LogP contribution is -2.31. The third kappa shape index (κ3) is 4.09. The number of carbonyl (C=O) groups is 1. The zero-order valence-electron chi connectivity index (χ0n) is 13.0. The fraction of sp³-hybridized carbons (Fsp3) is 0.278. The van der Waals surface area contributed by atoms with Crippen molar-refractivity contribution in [1.29, 1.82) is 0 Å². The van der Waals surface area contributed by atoms with E-state index in [-0.39, 0.29) is 12.1 Å². The molecular formula is C18H22N2O. The lowest BCUT2D eigenvalue weighted by molar-refractivity contribution is 0.249. The second kappa shape index (κ2) is 6.44. The maximum Gasteiger partial charge on any atom is 0.319 e. The van der Waals surface area contributed by atoms with Crippen molar-refractivity contribution in [2.45, 2.75) is 33.7 Å². The van der Waals surface area contributed by atoms with Gasteiger partial charge in [-0.15, -0.1) is 0 Å². The summed E-state index contributed by atoms with van der Waals surface area (Å²) < 4.78 is 0. The smallest absolute Gasteiger partial charge is 0.319 e. The van der Waals surface area contributed by atoms with E-state index in [0.717, 1.165) is 16.8 Å². The Morgan fingerprint density at radius 1 is 1.00 bits per heavy atom. The third-order valence-electron chi connectivity index (χ3n) is 3.52. The molecule has 0 aliphatic rings. The van der Waals surface area contributed by atoms with Crippen molar-refractivity contribution in [2.24, 2.45) is 0 Å². The highest BCUT2D eigenvalue weighted by atomic mass is 16.2. The van der Waals surface area contributed by atoms with Gasteiger partial charge in [-0.2, -0.15) is 0 Å². The summed E-state index contributed by atoms with van der Waals surface area (Å²) in [6, 6.07) is 13.8. The van der Waals surface area contributed by atoms with E-state index in [1.54, 1.807) is 0 Å². The number of anilines is 1. The van der Waals surface area contributed by atoms with Gasteiger partial charge in [-0.3, -0.25) is 0 Å². The van der Waals surface area contributed by atoms with Gasteiger partial charge in [-0.05, 0) is 56.5 Å². The molecule has 0 aromatic heterocycles. The molecule has 0 fully saturated rings. The number of nitrogens with one attached hydrogen (secondary N) is 2. The number of hydrogen-bond acceptors (Lipinski definition) is 1. The van der Waals surface area contributed by atoms with Gasteiger partial charge in [0, 0.05) is 5.69 Å². The maximum atomic E-state index is 12.1. The highest BCUT2D eigenvalue weighted by molar-refractivity contribution is 5.89. The molecule has 2 rings (SSSR count). The maximum absolute atomic E-state index is 12.1. The molecule has 2 N–H and O–H groups in total. The standard InChI is InChI=1S/C18H22N2O/c1-12-6-5-7-16(10-12)20-18(21)19-15(4)17-11-13(2)8-9-14(17)3/h5-11,15H,1-4H3,(H2,19,20,21). The first-order valence-electron chi connectivity index (χ1n) is 7.17. The van der Waals surface area contributed by atoms with Gasteiger partial charge in [-0.1, -0.05) is 35.9 Å². The zero-order valence-corrected chi connectivity index (χ0v) is 13.0. The summed E-state index contributed by atoms with van der Waals surface area (Å²) in [4.78, 5) is 12.1. The van der Waals surface area contributed by atoms with E-state index in [1.807, 2.05) is 38.1 Å². The van der Waals surface area contributed by atoms with Gasteiger partial charge in [-0.25, -0.2) is 4.79 Å². The second-order valence-electron chi connectivity index (χ2n) is 5.55. The molecule has 2 aromatic rings. The highest BCUT2D eigenvalue weighted by Gasteiger charge is 2.12. The van der Waals surface area contributed by atoms with Crippen molar-refractivity contribution in [2.75, 3.05) is 5.32 Å². The minimum atomic E-state index is -0.186. The first kappa shape index (κ1) is 15.1. The largest absolute Gasteiger partial charge is 0.331 e. The molecule has 0 radical (unpaired) electrons. The van der Waals surface area contributed by atoms with Crippen molar-refractivity contribution in [3.8, 4) is 0 Å². The van der Waals surface area contributed by atoms with Crippen LogP contribution in [0.2, 0.25) is 0 Å². The van der Waals surface area contributed by atoms with E-state index in [9.17, 15) is 4.79 Å². The lowest BCUT2D eigenvalue weighted by atomic mass is 10.0. The van der Waals surface area contributed by atoms with E-state index in [1.165, 1.54) is 11.1 Å². The Kier molecular flexibility index (Phi) is 4.63. The normalized spacial score (nSPS) is 11.8. The van der Waals surface area contributed by atoms with Crippen LogP contribution in [0.3, 0.4) is 0 Å². The molecule has 0 bridgehead atoms. The fourth-order valence-electron chi connectivity index (χ4n) is 2.39. The number of aryl methyl sites for hydroxylation is 3. The Balaban J connectivity index is 2.03. The zero-order chi connectivity index (χ0) is 15.4. The van der Waals surface area contributed by atoms with Crippen LogP contribution in [0.15, 0.2) is 42.5 Å². The van der Waals surface area contributed by atoms with Gasteiger partial charge < -0.3 is 10.6 Å². The number of rotatable bonds is 3. The number of benzene rings is 2. The average molecular weight is 282 g/mol. The Morgan fingerprint density at radius 3 is 2.43 bits per heavy atom. The van der Waals surface area contributed by atoms with Crippen molar-refractivity contribution < 1.29 is 4.79 Å². The number of amides is 2. The Hall–Kier alpha value is -2.29. The van der Waals surface area contributed by atoms with Gasteiger partial charge in [0.15, 0.2) is 0 Å². The van der Waals surface area contributed by atoms with Crippen LogP contribution in [0.4, 0.5) is 10.5 Å². The quantitative estimate of drug-likeness (QED) is 0.855. The van der Waals surface area contributed by atoms with Crippen LogP contribution in [-0.2, 0) is 0 Å². The molecule has 0 saturated carbocycles. The van der Waals surface area contributed by atoms with Crippen LogP contribution in [0.25, 0.3) is 0 Å². The summed E-state index contributed by atoms with van der Waals surface area (Å²) in [5.74, 6) is 0. The van der Waals surface area contributed by atoms with Crippen molar-refractivity contribution in [3.05, 3.63) is 64.7 Å². The van der Waals surface area contributed by atoms with E-state index in [0.29, 0.717) is 0 Å². The van der Waals surface area contributed by atoms with E-state index >= 15 is 0 Å². The molecule has 2 aromatic carbocycles. The van der Waals surface area contributed by atoms with Crippen molar-refractivity contribution in [1.82, 2.24) is 5.32 Å². The number of urea groups is 1. The molecule has 3 heteroatoms. The fourth-order valence-corrected chi connectivity index (χ4v) is 2.39. The summed E-state index contributed by atoms with van der Waals surface area (Å²) in [5.41, 5.74) is 5.46. The van der Waals surface area contributed by atoms with Crippen LogP contribution < -0.4 is 10.6 Å². The van der Waals surface area contributed by atoms with Crippen LogP contribution in [-0.4, -0.2) is 6.03 Å². The van der Waals surface area contributed by atoms with Gasteiger partial charge in [0.05, 0.1) is 6.04 Å². The molecule has 0 aliphatic carbocycles. The molecule has 0 spiro atoms. The summed E-state index contributed by atoms with van der Waals surface area (Å²) in [6.07, 6.45) is 0. The Labute approximate surface area is 126 Å². The van der Waals surface area contributed by atoms with E-state index in [4.69, 9.17) is 0 Å². The van der Waals surface area contributed by atoms with Gasteiger partial charge in [0.2, 0.25) is 0 Å². The highest BCUT2D eigenvalue weighted by Crippen LogP contribution is 2.19. The second-order valence-corrected chi connectivity index (χ2v) is 5.55. The molecule has 0 heterocycles. The van der Waals surface area contributed by atoms with Gasteiger partial charge in [0.25, 0.3) is 0 Å². The van der Waals surface area contributed by atoms with Crippen LogP contribution in [0.5, 0.6) is 0 Å². The Morgan fingerprint density at radius 2 is 1.71 bits per heavy atom. The van der Waals surface area contributed by atoms with E-state index < -0.39 is 0 Å². The minimum absolute atomic E-state index is 0.0327. The van der Waals surface area contributed by atoms with Crippen LogP contribution in [0, 0.1) is 20.8 Å². The molecule has 1 unspecified atom stereocenters. The van der Waals surface area contributed by atoms with Crippen molar-refractivity contribution >= 4 is 11.7 Å². The third-order valence-corrected chi connectivity index (χ3v) is 3.52. The molecule has 110 valence electrons. The summed E-state index contributed by atoms with van der Waals surface area (Å²) in [5, 5.41) is 5.85. The first-order valence-corrected chi connectivity index (χ1v) is 7.17. The molecule has 1 atom stereocenters. The SMILES string of the molecule is Cc1cccc(NC(=O)NC(C)c2cc(C)ccc2C)c1.